The van der Waals surface area contributed by atoms with Crippen LogP contribution in [-0.2, 0) is 13.0 Å². The lowest BCUT2D eigenvalue weighted by molar-refractivity contribution is 0.287. The predicted octanol–water partition coefficient (Wildman–Crippen LogP) is 5.41. The minimum Gasteiger partial charge on any atom is -0.508 e. The van der Waals surface area contributed by atoms with Crippen molar-refractivity contribution in [2.45, 2.75) is 32.7 Å². The van der Waals surface area contributed by atoms with Crippen molar-refractivity contribution >= 4 is 0 Å². The fraction of sp³-hybridized carbons (Fsp3) is 0.290. The van der Waals surface area contributed by atoms with E-state index in [9.17, 15) is 10.5 Å². The van der Waals surface area contributed by atoms with Gasteiger partial charge in [-0.3, -0.25) is 5.41 Å². The van der Waals surface area contributed by atoms with Crippen LogP contribution in [-0.4, -0.2) is 42.1 Å². The fourth-order valence-electron chi connectivity index (χ4n) is 5.01. The number of hydrogen-bond acceptors (Lipinski definition) is 8. The Kier molecular flexibility index (Phi) is 7.82. The first kappa shape index (κ1) is 26.9. The highest BCUT2D eigenvalue weighted by atomic mass is 16.5. The van der Waals surface area contributed by atoms with Crippen LogP contribution in [0.1, 0.15) is 42.0 Å². The van der Waals surface area contributed by atoms with E-state index < -0.39 is 0 Å². The van der Waals surface area contributed by atoms with E-state index in [0.29, 0.717) is 66.1 Å². The van der Waals surface area contributed by atoms with Crippen molar-refractivity contribution in [3.05, 3.63) is 88.7 Å². The minimum absolute atomic E-state index is 0.0899. The molecule has 9 nitrogen and oxygen atoms in total. The Morgan fingerprint density at radius 1 is 0.900 bits per heavy atom. The molecule has 2 heterocycles. The van der Waals surface area contributed by atoms with Gasteiger partial charge in [0.1, 0.15) is 23.3 Å². The standard InChI is InChI=1S/C31H33N3O6/c1-5-38-24-11-7-19(15-27(24)39-6-2)13-14-34-18-33-31-29(30(34)32)28(22-10-9-21(35)17-25(22)40-31)20-8-12-23(36-3)26(16-20)37-4/h7-12,15-18,28,32,35H,5-6,13-14H2,1-4H3/t28-/m0/s1. The molecule has 0 fully saturated rings. The highest BCUT2D eigenvalue weighted by Gasteiger charge is 2.33. The van der Waals surface area contributed by atoms with E-state index in [1.165, 1.54) is 0 Å². The van der Waals surface area contributed by atoms with E-state index in [2.05, 4.69) is 4.98 Å². The molecule has 0 amide bonds. The zero-order valence-corrected chi connectivity index (χ0v) is 23.1. The number of nitrogens with one attached hydrogen (secondary N) is 1. The van der Waals surface area contributed by atoms with Crippen LogP contribution >= 0.6 is 0 Å². The van der Waals surface area contributed by atoms with Gasteiger partial charge in [0.2, 0.25) is 5.88 Å². The summed E-state index contributed by atoms with van der Waals surface area (Å²) in [6.45, 7) is 5.52. The van der Waals surface area contributed by atoms with Gasteiger partial charge >= 0.3 is 0 Å². The maximum absolute atomic E-state index is 10.1. The molecular weight excluding hydrogens is 510 g/mol. The molecule has 0 aliphatic carbocycles. The third kappa shape index (κ3) is 5.14. The quantitative estimate of drug-likeness (QED) is 0.242. The lowest BCUT2D eigenvalue weighted by Gasteiger charge is -2.29. The average Bonchev–Trinajstić information content (AvgIpc) is 2.96. The van der Waals surface area contributed by atoms with Gasteiger partial charge in [-0.15, -0.1) is 0 Å². The molecule has 4 aromatic rings. The highest BCUT2D eigenvalue weighted by molar-refractivity contribution is 5.59. The topological polar surface area (TPSA) is 108 Å². The normalized spacial score (nSPS) is 13.6. The van der Waals surface area contributed by atoms with Gasteiger partial charge in [0.25, 0.3) is 0 Å². The van der Waals surface area contributed by atoms with Gasteiger partial charge in [0.05, 0.1) is 33.0 Å². The summed E-state index contributed by atoms with van der Waals surface area (Å²) in [5, 5.41) is 19.3. The molecule has 0 radical (unpaired) electrons. The van der Waals surface area contributed by atoms with Crippen LogP contribution in [0.5, 0.6) is 40.4 Å². The van der Waals surface area contributed by atoms with Crippen LogP contribution in [0.3, 0.4) is 0 Å². The fourth-order valence-corrected chi connectivity index (χ4v) is 5.01. The highest BCUT2D eigenvalue weighted by Crippen LogP contribution is 2.47. The molecule has 0 saturated carbocycles. The number of aryl methyl sites for hydroxylation is 2. The Labute approximate surface area is 233 Å². The molecule has 1 aliphatic heterocycles. The number of rotatable bonds is 10. The number of methoxy groups -OCH3 is 2. The van der Waals surface area contributed by atoms with Crippen LogP contribution in [0.4, 0.5) is 0 Å². The molecule has 208 valence electrons. The first-order chi connectivity index (χ1) is 19.5. The molecule has 3 aromatic carbocycles. The smallest absolute Gasteiger partial charge is 0.228 e. The monoisotopic (exact) mass is 543 g/mol. The van der Waals surface area contributed by atoms with Gasteiger partial charge in [0.15, 0.2) is 23.0 Å². The van der Waals surface area contributed by atoms with E-state index in [-0.39, 0.29) is 11.7 Å². The van der Waals surface area contributed by atoms with Gasteiger partial charge < -0.3 is 33.4 Å². The minimum atomic E-state index is -0.373. The van der Waals surface area contributed by atoms with Crippen molar-refractivity contribution < 1.29 is 28.8 Å². The largest absolute Gasteiger partial charge is 0.508 e. The van der Waals surface area contributed by atoms with Gasteiger partial charge in [-0.1, -0.05) is 18.2 Å². The van der Waals surface area contributed by atoms with Gasteiger partial charge in [-0.25, -0.2) is 4.98 Å². The third-order valence-electron chi connectivity index (χ3n) is 6.88. The zero-order valence-electron chi connectivity index (χ0n) is 23.1. The van der Waals surface area contributed by atoms with Crippen LogP contribution in [0.25, 0.3) is 0 Å². The summed E-state index contributed by atoms with van der Waals surface area (Å²) in [6.07, 6.45) is 2.29. The molecule has 0 bridgehead atoms. The molecule has 0 unspecified atom stereocenters. The van der Waals surface area contributed by atoms with Gasteiger partial charge in [-0.05, 0) is 61.7 Å². The van der Waals surface area contributed by atoms with Gasteiger partial charge in [-0.2, -0.15) is 0 Å². The van der Waals surface area contributed by atoms with E-state index in [1.54, 1.807) is 32.7 Å². The number of phenolic OH excluding ortho intramolecular Hbond substituents is 1. The van der Waals surface area contributed by atoms with Crippen molar-refractivity contribution in [3.8, 4) is 40.4 Å². The maximum Gasteiger partial charge on any atom is 0.228 e. The lowest BCUT2D eigenvalue weighted by atomic mass is 9.83. The summed E-state index contributed by atoms with van der Waals surface area (Å²) in [5.74, 6) is 3.17. The van der Waals surface area contributed by atoms with E-state index in [0.717, 1.165) is 22.4 Å². The Morgan fingerprint density at radius 3 is 2.40 bits per heavy atom. The lowest BCUT2D eigenvalue weighted by Crippen LogP contribution is -2.30. The van der Waals surface area contributed by atoms with Crippen LogP contribution < -0.4 is 29.2 Å². The zero-order chi connectivity index (χ0) is 28.2. The number of aromatic hydroxyl groups is 1. The number of fused-ring (bicyclic) bond motifs is 2. The second-order valence-electron chi connectivity index (χ2n) is 9.27. The Hall–Kier alpha value is -4.66. The van der Waals surface area contributed by atoms with Crippen molar-refractivity contribution in [1.29, 1.82) is 5.41 Å². The number of hydrogen-bond donors (Lipinski definition) is 2. The molecule has 1 atom stereocenters. The molecule has 1 aromatic heterocycles. The first-order valence-corrected chi connectivity index (χ1v) is 13.2. The number of nitrogens with zero attached hydrogens (tertiary/aromatic N) is 2. The van der Waals surface area contributed by atoms with Crippen molar-refractivity contribution in [2.75, 3.05) is 27.4 Å². The molecule has 2 N–H and O–H groups in total. The molecule has 0 saturated heterocycles. The SMILES string of the molecule is CCOc1ccc(CCn2cnc3c(c2=N)[C@@H](c2ccc(OC)c(OC)c2)c2ccc(O)cc2O3)cc1OCC. The third-order valence-corrected chi connectivity index (χ3v) is 6.88. The number of ether oxygens (including phenoxy) is 5. The summed E-state index contributed by atoms with van der Waals surface area (Å²) < 4.78 is 30.4. The summed E-state index contributed by atoms with van der Waals surface area (Å²) >= 11 is 0. The van der Waals surface area contributed by atoms with Gasteiger partial charge in [0, 0.05) is 24.1 Å². The number of aromatic nitrogens is 2. The predicted molar refractivity (Wildman–Crippen MR) is 149 cm³/mol. The Bertz CT molecular complexity index is 1580. The second kappa shape index (κ2) is 11.6. The molecule has 9 heteroatoms. The van der Waals surface area contributed by atoms with Crippen LogP contribution in [0.2, 0.25) is 0 Å². The van der Waals surface area contributed by atoms with E-state index in [1.807, 2.05) is 60.9 Å². The van der Waals surface area contributed by atoms with Crippen molar-refractivity contribution in [2.24, 2.45) is 0 Å². The number of phenols is 1. The number of benzene rings is 3. The van der Waals surface area contributed by atoms with Crippen LogP contribution in [0, 0.1) is 5.41 Å². The first-order valence-electron chi connectivity index (χ1n) is 13.2. The second-order valence-corrected chi connectivity index (χ2v) is 9.27. The van der Waals surface area contributed by atoms with Crippen molar-refractivity contribution in [3.63, 3.8) is 0 Å². The maximum atomic E-state index is 10.1. The summed E-state index contributed by atoms with van der Waals surface area (Å²) in [5.41, 5.74) is 3.69. The summed E-state index contributed by atoms with van der Waals surface area (Å²) in [4.78, 5) is 4.60. The van der Waals surface area contributed by atoms with E-state index in [4.69, 9.17) is 23.7 Å². The Morgan fingerprint density at radius 2 is 1.65 bits per heavy atom. The molecular formula is C31H33N3O6. The van der Waals surface area contributed by atoms with Crippen LogP contribution in [0.15, 0.2) is 60.9 Å². The van der Waals surface area contributed by atoms with Crippen molar-refractivity contribution in [1.82, 2.24) is 9.55 Å². The molecule has 0 spiro atoms. The molecule has 5 rings (SSSR count). The average molecular weight is 544 g/mol. The molecule has 1 aliphatic rings. The van der Waals surface area contributed by atoms with E-state index >= 15 is 0 Å². The summed E-state index contributed by atoms with van der Waals surface area (Å²) in [7, 11) is 3.19. The molecule has 40 heavy (non-hydrogen) atoms. The summed E-state index contributed by atoms with van der Waals surface area (Å²) in [6, 6.07) is 16.6. The Balaban J connectivity index is 1.54.